The third-order valence-corrected chi connectivity index (χ3v) is 5.10. The number of amides is 1. The molecule has 2 rings (SSSR count). The summed E-state index contributed by atoms with van der Waals surface area (Å²) in [6.45, 7) is 1.36. The first-order chi connectivity index (χ1) is 9.29. The summed E-state index contributed by atoms with van der Waals surface area (Å²) in [5.41, 5.74) is 0. The van der Waals surface area contributed by atoms with Gasteiger partial charge in [0.25, 0.3) is 5.91 Å². The van der Waals surface area contributed by atoms with Crippen molar-refractivity contribution in [3.8, 4) is 5.75 Å². The Morgan fingerprint density at radius 2 is 2.15 bits per heavy atom. The number of carbonyl (C=O) groups excluding carboxylic acids is 1. The van der Waals surface area contributed by atoms with Crippen molar-refractivity contribution in [2.45, 2.75) is 31.1 Å². The molecule has 1 aliphatic carbocycles. The Balaban J connectivity index is 2.00. The highest BCUT2D eigenvalue weighted by molar-refractivity contribution is 9.10. The molecule has 1 aromatic carbocycles. The molecule has 110 valence electrons. The topological polar surface area (TPSA) is 72.5 Å². The molecule has 1 N–H and O–H groups in total. The lowest BCUT2D eigenvalue weighted by atomic mass is 10.3. The van der Waals surface area contributed by atoms with Crippen LogP contribution in [0.25, 0.3) is 0 Å². The van der Waals surface area contributed by atoms with Crippen molar-refractivity contribution in [1.29, 1.82) is 0 Å². The van der Waals surface area contributed by atoms with Crippen molar-refractivity contribution < 1.29 is 22.3 Å². The minimum atomic E-state index is -3.62. The summed E-state index contributed by atoms with van der Waals surface area (Å²) < 4.78 is 44.4. The molecular formula is C12H13BrFNO4S. The van der Waals surface area contributed by atoms with Crippen LogP contribution < -0.4 is 9.46 Å². The lowest BCUT2D eigenvalue weighted by molar-refractivity contribution is -0.125. The standard InChI is InChI=1S/C12H13BrFNO4S/c1-7(12(16)15-20(17,18)9-3-4-9)19-11-5-2-8(13)6-10(11)14/h2,5-7,9H,3-4H2,1H3,(H,15,16). The molecular weight excluding hydrogens is 353 g/mol. The van der Waals surface area contributed by atoms with Crippen molar-refractivity contribution in [3.05, 3.63) is 28.5 Å². The molecule has 0 aromatic heterocycles. The minimum Gasteiger partial charge on any atom is -0.478 e. The van der Waals surface area contributed by atoms with Crippen LogP contribution in [0.15, 0.2) is 22.7 Å². The van der Waals surface area contributed by atoms with Crippen LogP contribution in [-0.4, -0.2) is 25.7 Å². The van der Waals surface area contributed by atoms with E-state index in [0.29, 0.717) is 17.3 Å². The zero-order valence-corrected chi connectivity index (χ0v) is 13.0. The Kier molecular flexibility index (Phi) is 4.33. The van der Waals surface area contributed by atoms with Crippen LogP contribution in [0.5, 0.6) is 5.75 Å². The fraction of sp³-hybridized carbons (Fsp3) is 0.417. The average Bonchev–Trinajstić information content (AvgIpc) is 3.16. The number of halogens is 2. The van der Waals surface area contributed by atoms with E-state index in [2.05, 4.69) is 15.9 Å². The highest BCUT2D eigenvalue weighted by Gasteiger charge is 2.37. The van der Waals surface area contributed by atoms with Crippen LogP contribution >= 0.6 is 15.9 Å². The number of sulfonamides is 1. The zero-order chi connectivity index (χ0) is 14.9. The Morgan fingerprint density at radius 3 is 2.70 bits per heavy atom. The number of ether oxygens (including phenoxy) is 1. The quantitative estimate of drug-likeness (QED) is 0.865. The largest absolute Gasteiger partial charge is 0.478 e. The van der Waals surface area contributed by atoms with Crippen LogP contribution in [0.4, 0.5) is 4.39 Å². The predicted octanol–water partition coefficient (Wildman–Crippen LogP) is 1.96. The molecule has 5 nitrogen and oxygen atoms in total. The van der Waals surface area contributed by atoms with E-state index in [4.69, 9.17) is 4.74 Å². The number of hydrogen-bond acceptors (Lipinski definition) is 4. The van der Waals surface area contributed by atoms with Crippen LogP contribution in [-0.2, 0) is 14.8 Å². The average molecular weight is 366 g/mol. The Morgan fingerprint density at radius 1 is 1.50 bits per heavy atom. The molecule has 0 aliphatic heterocycles. The van der Waals surface area contributed by atoms with Gasteiger partial charge in [-0.15, -0.1) is 0 Å². The highest BCUT2D eigenvalue weighted by Crippen LogP contribution is 2.27. The number of nitrogens with one attached hydrogen (secondary N) is 1. The first kappa shape index (κ1) is 15.2. The first-order valence-corrected chi connectivity index (χ1v) is 8.30. The van der Waals surface area contributed by atoms with E-state index in [0.717, 1.165) is 0 Å². The van der Waals surface area contributed by atoms with E-state index in [1.165, 1.54) is 19.1 Å². The summed E-state index contributed by atoms with van der Waals surface area (Å²) in [5.74, 6) is -1.55. The summed E-state index contributed by atoms with van der Waals surface area (Å²) in [7, 11) is -3.62. The number of benzene rings is 1. The Hall–Kier alpha value is -1.15. The van der Waals surface area contributed by atoms with Gasteiger partial charge in [0.05, 0.1) is 5.25 Å². The van der Waals surface area contributed by atoms with Crippen molar-refractivity contribution in [3.63, 3.8) is 0 Å². The SMILES string of the molecule is CC(Oc1ccc(Br)cc1F)C(=O)NS(=O)(=O)C1CC1. The zero-order valence-electron chi connectivity index (χ0n) is 10.6. The smallest absolute Gasteiger partial charge is 0.274 e. The molecule has 0 saturated heterocycles. The molecule has 20 heavy (non-hydrogen) atoms. The van der Waals surface area contributed by atoms with Gasteiger partial charge in [0.2, 0.25) is 10.0 Å². The maximum Gasteiger partial charge on any atom is 0.274 e. The van der Waals surface area contributed by atoms with Crippen LogP contribution in [0.2, 0.25) is 0 Å². The third kappa shape index (κ3) is 3.69. The van der Waals surface area contributed by atoms with Crippen molar-refractivity contribution in [2.24, 2.45) is 0 Å². The Bertz CT molecular complexity index is 630. The summed E-state index contributed by atoms with van der Waals surface area (Å²) in [6.07, 6.45) is -0.00234. The minimum absolute atomic E-state index is 0.111. The molecule has 1 fully saturated rings. The van der Waals surface area contributed by atoms with Gasteiger partial charge in [-0.2, -0.15) is 0 Å². The van der Waals surface area contributed by atoms with Crippen molar-refractivity contribution >= 4 is 31.9 Å². The van der Waals surface area contributed by atoms with Gasteiger partial charge in [0.1, 0.15) is 0 Å². The van der Waals surface area contributed by atoms with Gasteiger partial charge in [-0.05, 0) is 38.0 Å². The normalized spacial score (nSPS) is 16.6. The highest BCUT2D eigenvalue weighted by atomic mass is 79.9. The van der Waals surface area contributed by atoms with Crippen molar-refractivity contribution in [2.75, 3.05) is 0 Å². The fourth-order valence-electron chi connectivity index (χ4n) is 1.50. The number of hydrogen-bond donors (Lipinski definition) is 1. The lowest BCUT2D eigenvalue weighted by Gasteiger charge is -2.15. The van der Waals surface area contributed by atoms with E-state index < -0.39 is 33.1 Å². The molecule has 1 amide bonds. The Labute approximate surface area is 124 Å². The monoisotopic (exact) mass is 365 g/mol. The van der Waals surface area contributed by atoms with E-state index in [9.17, 15) is 17.6 Å². The van der Waals surface area contributed by atoms with Crippen molar-refractivity contribution in [1.82, 2.24) is 4.72 Å². The van der Waals surface area contributed by atoms with Gasteiger partial charge in [-0.25, -0.2) is 17.5 Å². The van der Waals surface area contributed by atoms with Crippen LogP contribution in [0, 0.1) is 5.82 Å². The van der Waals surface area contributed by atoms with E-state index in [1.807, 2.05) is 4.72 Å². The van der Waals surface area contributed by atoms with Gasteiger partial charge < -0.3 is 4.74 Å². The molecule has 0 spiro atoms. The maximum atomic E-state index is 13.5. The summed E-state index contributed by atoms with van der Waals surface area (Å²) in [5, 5.41) is -0.497. The molecule has 1 aromatic rings. The second-order valence-electron chi connectivity index (χ2n) is 4.55. The van der Waals surface area contributed by atoms with E-state index in [1.54, 1.807) is 6.07 Å². The molecule has 8 heteroatoms. The summed E-state index contributed by atoms with van der Waals surface area (Å²) in [4.78, 5) is 11.7. The number of rotatable bonds is 5. The summed E-state index contributed by atoms with van der Waals surface area (Å²) >= 11 is 3.10. The van der Waals surface area contributed by atoms with E-state index in [-0.39, 0.29) is 5.75 Å². The van der Waals surface area contributed by atoms with Gasteiger partial charge >= 0.3 is 0 Å². The lowest BCUT2D eigenvalue weighted by Crippen LogP contribution is -2.41. The molecule has 1 saturated carbocycles. The summed E-state index contributed by atoms with van der Waals surface area (Å²) in [6, 6.07) is 4.11. The first-order valence-electron chi connectivity index (χ1n) is 5.97. The van der Waals surface area contributed by atoms with Gasteiger partial charge in [0, 0.05) is 4.47 Å². The molecule has 1 atom stereocenters. The van der Waals surface area contributed by atoms with Gasteiger partial charge in [0.15, 0.2) is 17.7 Å². The van der Waals surface area contributed by atoms with E-state index >= 15 is 0 Å². The van der Waals surface area contributed by atoms with Crippen LogP contribution in [0.1, 0.15) is 19.8 Å². The maximum absolute atomic E-state index is 13.5. The third-order valence-electron chi connectivity index (χ3n) is 2.77. The molecule has 1 aliphatic rings. The molecule has 0 heterocycles. The second-order valence-corrected chi connectivity index (χ2v) is 7.42. The van der Waals surface area contributed by atoms with Gasteiger partial charge in [-0.3, -0.25) is 4.79 Å². The molecule has 1 unspecified atom stereocenters. The number of carbonyl (C=O) groups is 1. The van der Waals surface area contributed by atoms with Gasteiger partial charge in [-0.1, -0.05) is 15.9 Å². The molecule has 0 radical (unpaired) electrons. The molecule has 0 bridgehead atoms. The fourth-order valence-corrected chi connectivity index (χ4v) is 3.20. The predicted molar refractivity (Wildman–Crippen MR) is 74.3 cm³/mol. The second kappa shape index (κ2) is 5.69. The van der Waals surface area contributed by atoms with Crippen LogP contribution in [0.3, 0.4) is 0 Å².